The number of rotatable bonds is 1. The Morgan fingerprint density at radius 2 is 1.89 bits per heavy atom. The van der Waals surface area contributed by atoms with Crippen molar-refractivity contribution >= 4 is 5.91 Å². The number of aliphatic hydroxyl groups excluding tert-OH is 1. The molecule has 3 nitrogen and oxygen atoms in total. The highest BCUT2D eigenvalue weighted by Gasteiger charge is 2.51. The Morgan fingerprint density at radius 1 is 1.21 bits per heavy atom. The minimum atomic E-state index is -0.201. The topological polar surface area (TPSA) is 40.5 Å². The first-order valence-electron chi connectivity index (χ1n) is 7.90. The molecule has 0 radical (unpaired) electrons. The zero-order valence-corrected chi connectivity index (χ0v) is 12.3. The van der Waals surface area contributed by atoms with E-state index in [4.69, 9.17) is 0 Å². The molecule has 1 spiro atoms. The third-order valence-electron chi connectivity index (χ3n) is 5.70. The van der Waals surface area contributed by atoms with Crippen LogP contribution in [0.3, 0.4) is 0 Å². The molecule has 1 aliphatic heterocycles. The van der Waals surface area contributed by atoms with E-state index in [-0.39, 0.29) is 11.5 Å². The molecule has 3 fully saturated rings. The fourth-order valence-electron chi connectivity index (χ4n) is 4.77. The van der Waals surface area contributed by atoms with Crippen LogP contribution in [-0.4, -0.2) is 34.6 Å². The standard InChI is InChI=1S/C16H27NO2/c1-15(2)10-14(19)17(11-15)13-9-12(18)5-8-16(13)6-3-4-7-16/h12-13,18H,3-11H2,1-2H3. The molecule has 108 valence electrons. The van der Waals surface area contributed by atoms with E-state index in [0.29, 0.717) is 23.8 Å². The molecule has 1 N–H and O–H groups in total. The molecule has 3 rings (SSSR count). The molecule has 0 bridgehead atoms. The first kappa shape index (κ1) is 13.4. The van der Waals surface area contributed by atoms with Gasteiger partial charge >= 0.3 is 0 Å². The number of carbonyl (C=O) groups excluding carboxylic acids is 1. The lowest BCUT2D eigenvalue weighted by molar-refractivity contribution is -0.135. The maximum atomic E-state index is 12.4. The first-order chi connectivity index (χ1) is 8.92. The molecule has 1 saturated heterocycles. The Morgan fingerprint density at radius 3 is 2.47 bits per heavy atom. The zero-order valence-electron chi connectivity index (χ0n) is 12.3. The SMILES string of the molecule is CC1(C)CC(=O)N(C2CC(O)CCC23CCCC3)C1. The third-order valence-corrected chi connectivity index (χ3v) is 5.70. The highest BCUT2D eigenvalue weighted by atomic mass is 16.3. The Balaban J connectivity index is 1.85. The van der Waals surface area contributed by atoms with E-state index < -0.39 is 0 Å². The molecule has 2 atom stereocenters. The smallest absolute Gasteiger partial charge is 0.223 e. The van der Waals surface area contributed by atoms with Gasteiger partial charge in [-0.1, -0.05) is 26.7 Å². The van der Waals surface area contributed by atoms with Crippen LogP contribution < -0.4 is 0 Å². The van der Waals surface area contributed by atoms with Gasteiger partial charge in [-0.2, -0.15) is 0 Å². The normalized spacial score (nSPS) is 37.2. The van der Waals surface area contributed by atoms with Crippen molar-refractivity contribution in [2.45, 2.75) is 77.4 Å². The quantitative estimate of drug-likeness (QED) is 0.792. The van der Waals surface area contributed by atoms with Gasteiger partial charge in [-0.3, -0.25) is 4.79 Å². The number of hydrogen-bond donors (Lipinski definition) is 1. The molecule has 3 aliphatic rings. The summed E-state index contributed by atoms with van der Waals surface area (Å²) in [7, 11) is 0. The average molecular weight is 265 g/mol. The van der Waals surface area contributed by atoms with Crippen LogP contribution in [0.5, 0.6) is 0 Å². The number of aliphatic hydroxyl groups is 1. The number of hydrogen-bond acceptors (Lipinski definition) is 2. The van der Waals surface area contributed by atoms with E-state index >= 15 is 0 Å². The summed E-state index contributed by atoms with van der Waals surface area (Å²) in [6, 6.07) is 0.299. The molecule has 2 saturated carbocycles. The van der Waals surface area contributed by atoms with Crippen LogP contribution in [0.25, 0.3) is 0 Å². The van der Waals surface area contributed by atoms with Gasteiger partial charge < -0.3 is 10.0 Å². The number of carbonyl (C=O) groups is 1. The summed E-state index contributed by atoms with van der Waals surface area (Å²) in [6.07, 6.45) is 8.45. The minimum Gasteiger partial charge on any atom is -0.393 e. The lowest BCUT2D eigenvalue weighted by atomic mass is 9.67. The summed E-state index contributed by atoms with van der Waals surface area (Å²) in [4.78, 5) is 14.5. The predicted molar refractivity (Wildman–Crippen MR) is 74.7 cm³/mol. The van der Waals surface area contributed by atoms with Crippen LogP contribution in [-0.2, 0) is 4.79 Å². The van der Waals surface area contributed by atoms with Crippen LogP contribution in [0.1, 0.15) is 65.2 Å². The maximum absolute atomic E-state index is 12.4. The second-order valence-electron chi connectivity index (χ2n) is 7.88. The Labute approximate surface area is 116 Å². The molecule has 1 amide bonds. The number of amides is 1. The van der Waals surface area contributed by atoms with Gasteiger partial charge in [0.05, 0.1) is 6.10 Å². The van der Waals surface area contributed by atoms with Crippen molar-refractivity contribution in [1.29, 1.82) is 0 Å². The zero-order chi connectivity index (χ0) is 13.7. The van der Waals surface area contributed by atoms with E-state index in [0.717, 1.165) is 25.8 Å². The van der Waals surface area contributed by atoms with Gasteiger partial charge in [0.1, 0.15) is 0 Å². The van der Waals surface area contributed by atoms with Crippen LogP contribution in [0.15, 0.2) is 0 Å². The molecular formula is C16H27NO2. The molecule has 2 aliphatic carbocycles. The molecule has 19 heavy (non-hydrogen) atoms. The molecule has 0 aromatic heterocycles. The fraction of sp³-hybridized carbons (Fsp3) is 0.938. The van der Waals surface area contributed by atoms with Crippen molar-refractivity contribution in [1.82, 2.24) is 4.90 Å². The summed E-state index contributed by atoms with van der Waals surface area (Å²) < 4.78 is 0. The lowest BCUT2D eigenvalue weighted by Gasteiger charge is -2.48. The monoisotopic (exact) mass is 265 g/mol. The lowest BCUT2D eigenvalue weighted by Crippen LogP contribution is -2.52. The number of likely N-dealkylation sites (tertiary alicyclic amines) is 1. The van der Waals surface area contributed by atoms with Crippen LogP contribution >= 0.6 is 0 Å². The number of nitrogens with zero attached hydrogens (tertiary/aromatic N) is 1. The van der Waals surface area contributed by atoms with Gasteiger partial charge in [-0.15, -0.1) is 0 Å². The molecular weight excluding hydrogens is 238 g/mol. The van der Waals surface area contributed by atoms with Crippen LogP contribution in [0, 0.1) is 10.8 Å². The molecule has 1 heterocycles. The van der Waals surface area contributed by atoms with E-state index in [1.165, 1.54) is 25.7 Å². The van der Waals surface area contributed by atoms with Gasteiger partial charge in [-0.05, 0) is 42.9 Å². The van der Waals surface area contributed by atoms with Crippen molar-refractivity contribution in [3.8, 4) is 0 Å². The van der Waals surface area contributed by atoms with Gasteiger partial charge in [0.25, 0.3) is 0 Å². The molecule has 0 aromatic carbocycles. The van der Waals surface area contributed by atoms with Crippen molar-refractivity contribution in [2.24, 2.45) is 10.8 Å². The summed E-state index contributed by atoms with van der Waals surface area (Å²) in [6.45, 7) is 5.25. The van der Waals surface area contributed by atoms with Crippen molar-refractivity contribution in [2.75, 3.05) is 6.54 Å². The van der Waals surface area contributed by atoms with Gasteiger partial charge in [0.15, 0.2) is 0 Å². The largest absolute Gasteiger partial charge is 0.393 e. The Bertz CT molecular complexity index is 371. The van der Waals surface area contributed by atoms with Gasteiger partial charge in [0, 0.05) is 19.0 Å². The highest BCUT2D eigenvalue weighted by molar-refractivity contribution is 5.79. The first-order valence-corrected chi connectivity index (χ1v) is 7.90. The average Bonchev–Trinajstić information content (AvgIpc) is 2.88. The van der Waals surface area contributed by atoms with Crippen molar-refractivity contribution < 1.29 is 9.90 Å². The fourth-order valence-corrected chi connectivity index (χ4v) is 4.77. The van der Waals surface area contributed by atoms with Gasteiger partial charge in [-0.25, -0.2) is 0 Å². The predicted octanol–water partition coefficient (Wildman–Crippen LogP) is 2.72. The van der Waals surface area contributed by atoms with Crippen molar-refractivity contribution in [3.05, 3.63) is 0 Å². The maximum Gasteiger partial charge on any atom is 0.223 e. The second-order valence-corrected chi connectivity index (χ2v) is 7.88. The minimum absolute atomic E-state index is 0.110. The van der Waals surface area contributed by atoms with E-state index in [2.05, 4.69) is 18.7 Å². The summed E-state index contributed by atoms with van der Waals surface area (Å²) in [5, 5.41) is 10.1. The van der Waals surface area contributed by atoms with Gasteiger partial charge in [0.2, 0.25) is 5.91 Å². The third kappa shape index (κ3) is 2.31. The second kappa shape index (κ2) is 4.47. The van der Waals surface area contributed by atoms with E-state index in [9.17, 15) is 9.90 Å². The molecule has 3 heteroatoms. The summed E-state index contributed by atoms with van der Waals surface area (Å²) in [5.41, 5.74) is 0.439. The van der Waals surface area contributed by atoms with Crippen LogP contribution in [0.4, 0.5) is 0 Å². The van der Waals surface area contributed by atoms with E-state index in [1.807, 2.05) is 0 Å². The van der Waals surface area contributed by atoms with E-state index in [1.54, 1.807) is 0 Å². The molecule has 0 aromatic rings. The van der Waals surface area contributed by atoms with Crippen molar-refractivity contribution in [3.63, 3.8) is 0 Å². The Hall–Kier alpha value is -0.570. The highest BCUT2D eigenvalue weighted by Crippen LogP contribution is 2.52. The Kier molecular flexibility index (Phi) is 3.16. The summed E-state index contributed by atoms with van der Waals surface area (Å²) >= 11 is 0. The van der Waals surface area contributed by atoms with Crippen LogP contribution in [0.2, 0.25) is 0 Å². The summed E-state index contributed by atoms with van der Waals surface area (Å²) in [5.74, 6) is 0.315. The molecule has 2 unspecified atom stereocenters.